The van der Waals surface area contributed by atoms with Gasteiger partial charge in [0, 0.05) is 6.04 Å². The minimum Gasteiger partial charge on any atom is -0.478 e. The van der Waals surface area contributed by atoms with Crippen molar-refractivity contribution in [2.24, 2.45) is 0 Å². The van der Waals surface area contributed by atoms with Crippen LogP contribution in [-0.2, 0) is 4.79 Å². The van der Waals surface area contributed by atoms with Crippen molar-refractivity contribution < 1.29 is 14.7 Å². The van der Waals surface area contributed by atoms with Gasteiger partial charge >= 0.3 is 5.97 Å². The summed E-state index contributed by atoms with van der Waals surface area (Å²) in [5.41, 5.74) is -0.0308. The maximum atomic E-state index is 11.4. The third kappa shape index (κ3) is 4.21. The third-order valence-electron chi connectivity index (χ3n) is 1.96. The van der Waals surface area contributed by atoms with Crippen molar-refractivity contribution in [3.05, 3.63) is 22.8 Å². The molecular weight excluding hydrogens is 258 g/mol. The maximum Gasteiger partial charge on any atom is 0.339 e. The van der Waals surface area contributed by atoms with Gasteiger partial charge in [0.05, 0.1) is 6.54 Å². The fourth-order valence-corrected chi connectivity index (χ4v) is 1.43. The fourth-order valence-electron chi connectivity index (χ4n) is 1.28. The molecule has 0 aliphatic carbocycles. The monoisotopic (exact) mass is 271 g/mol. The number of carboxylic acids is 1. The van der Waals surface area contributed by atoms with Crippen LogP contribution in [0, 0.1) is 0 Å². The summed E-state index contributed by atoms with van der Waals surface area (Å²) in [5, 5.41) is 14.4. The zero-order valence-electron chi connectivity index (χ0n) is 10.0. The number of hydrogen-bond donors (Lipinski definition) is 3. The number of amides is 1. The molecule has 0 spiro atoms. The number of carbonyl (C=O) groups is 2. The van der Waals surface area contributed by atoms with E-state index in [1.54, 1.807) is 0 Å². The normalized spacial score (nSPS) is 10.2. The zero-order valence-corrected chi connectivity index (χ0v) is 10.8. The van der Waals surface area contributed by atoms with Gasteiger partial charge in [-0.1, -0.05) is 11.6 Å². The number of pyridine rings is 1. The molecule has 0 saturated carbocycles. The van der Waals surface area contributed by atoms with E-state index < -0.39 is 5.97 Å². The van der Waals surface area contributed by atoms with E-state index in [1.807, 2.05) is 13.8 Å². The second-order valence-electron chi connectivity index (χ2n) is 3.91. The summed E-state index contributed by atoms with van der Waals surface area (Å²) in [7, 11) is 0. The summed E-state index contributed by atoms with van der Waals surface area (Å²) in [6, 6.07) is 2.73. The summed E-state index contributed by atoms with van der Waals surface area (Å²) in [4.78, 5) is 26.2. The van der Waals surface area contributed by atoms with Gasteiger partial charge in [-0.15, -0.1) is 0 Å². The lowest BCUT2D eigenvalue weighted by Crippen LogP contribution is -2.35. The van der Waals surface area contributed by atoms with Crippen molar-refractivity contribution in [1.82, 2.24) is 10.3 Å². The molecule has 0 fully saturated rings. The van der Waals surface area contributed by atoms with Gasteiger partial charge < -0.3 is 15.7 Å². The Morgan fingerprint density at radius 3 is 2.67 bits per heavy atom. The molecule has 0 saturated heterocycles. The van der Waals surface area contributed by atoms with Crippen LogP contribution in [0.3, 0.4) is 0 Å². The summed E-state index contributed by atoms with van der Waals surface area (Å²) in [6.07, 6.45) is 0. The van der Waals surface area contributed by atoms with Crippen molar-refractivity contribution in [3.63, 3.8) is 0 Å². The molecule has 1 amide bonds. The second kappa shape index (κ2) is 6.20. The number of carboxylic acid groups (broad SMARTS) is 1. The molecule has 6 nitrogen and oxygen atoms in total. The lowest BCUT2D eigenvalue weighted by molar-refractivity contribution is -0.119. The molecule has 18 heavy (non-hydrogen) atoms. The molecule has 1 aromatic rings. The average Bonchev–Trinajstić information content (AvgIpc) is 2.25. The SMILES string of the molecule is CC(C)NC(=O)CNc1nc(Cl)ccc1C(=O)O. The highest BCUT2D eigenvalue weighted by Crippen LogP contribution is 2.16. The first-order chi connectivity index (χ1) is 8.40. The van der Waals surface area contributed by atoms with Crippen molar-refractivity contribution in [3.8, 4) is 0 Å². The summed E-state index contributed by atoms with van der Waals surface area (Å²) < 4.78 is 0. The Morgan fingerprint density at radius 1 is 1.44 bits per heavy atom. The number of halogens is 1. The predicted octanol–water partition coefficient (Wildman–Crippen LogP) is 1.37. The first kappa shape index (κ1) is 14.2. The van der Waals surface area contributed by atoms with Crippen molar-refractivity contribution in [2.75, 3.05) is 11.9 Å². The Hall–Kier alpha value is -1.82. The molecule has 0 aliphatic heterocycles. The largest absolute Gasteiger partial charge is 0.478 e. The van der Waals surface area contributed by atoms with Crippen LogP contribution in [0.2, 0.25) is 5.15 Å². The molecule has 98 valence electrons. The molecule has 0 bridgehead atoms. The number of anilines is 1. The van der Waals surface area contributed by atoms with Crippen LogP contribution in [0.25, 0.3) is 0 Å². The van der Waals surface area contributed by atoms with Crippen LogP contribution < -0.4 is 10.6 Å². The molecule has 1 heterocycles. The Bertz CT molecular complexity index is 463. The smallest absolute Gasteiger partial charge is 0.339 e. The highest BCUT2D eigenvalue weighted by molar-refractivity contribution is 6.29. The standard InChI is InChI=1S/C11H14ClN3O3/c1-6(2)14-9(16)5-13-10-7(11(17)18)3-4-8(12)15-10/h3-4,6H,5H2,1-2H3,(H,13,15)(H,14,16)(H,17,18). The first-order valence-corrected chi connectivity index (χ1v) is 5.71. The number of nitrogens with zero attached hydrogens (tertiary/aromatic N) is 1. The van der Waals surface area contributed by atoms with Crippen LogP contribution in [0.15, 0.2) is 12.1 Å². The number of nitrogens with one attached hydrogen (secondary N) is 2. The lowest BCUT2D eigenvalue weighted by atomic mass is 10.2. The molecule has 0 aromatic carbocycles. The fraction of sp³-hybridized carbons (Fsp3) is 0.364. The quantitative estimate of drug-likeness (QED) is 0.704. The molecule has 7 heteroatoms. The molecule has 3 N–H and O–H groups in total. The van der Waals surface area contributed by atoms with Crippen molar-refractivity contribution >= 4 is 29.3 Å². The van der Waals surface area contributed by atoms with E-state index in [2.05, 4.69) is 15.6 Å². The van der Waals surface area contributed by atoms with Crippen molar-refractivity contribution in [1.29, 1.82) is 0 Å². The molecule has 0 radical (unpaired) electrons. The Balaban J connectivity index is 2.74. The average molecular weight is 272 g/mol. The summed E-state index contributed by atoms with van der Waals surface area (Å²) in [5.74, 6) is -1.30. The summed E-state index contributed by atoms with van der Waals surface area (Å²) >= 11 is 5.68. The van der Waals surface area contributed by atoms with E-state index in [1.165, 1.54) is 12.1 Å². The minimum absolute atomic E-state index is 0.0190. The van der Waals surface area contributed by atoms with Crippen LogP contribution in [0.5, 0.6) is 0 Å². The third-order valence-corrected chi connectivity index (χ3v) is 2.17. The van der Waals surface area contributed by atoms with Crippen LogP contribution in [0.4, 0.5) is 5.82 Å². The van der Waals surface area contributed by atoms with E-state index in [0.29, 0.717) is 0 Å². The van der Waals surface area contributed by atoms with E-state index in [0.717, 1.165) is 0 Å². The van der Waals surface area contributed by atoms with E-state index in [-0.39, 0.29) is 35.0 Å². The molecule has 1 aromatic heterocycles. The Labute approximate surface area is 109 Å². The molecule has 0 aliphatic rings. The molecule has 0 atom stereocenters. The van der Waals surface area contributed by atoms with Gasteiger partial charge in [-0.2, -0.15) is 0 Å². The van der Waals surface area contributed by atoms with Gasteiger partial charge in [0.25, 0.3) is 0 Å². The number of hydrogen-bond acceptors (Lipinski definition) is 4. The molecule has 0 unspecified atom stereocenters. The Kier molecular flexibility index (Phi) is 4.91. The van der Waals surface area contributed by atoms with Gasteiger partial charge in [-0.25, -0.2) is 9.78 Å². The highest BCUT2D eigenvalue weighted by Gasteiger charge is 2.13. The second-order valence-corrected chi connectivity index (χ2v) is 4.30. The molecular formula is C11H14ClN3O3. The predicted molar refractivity (Wildman–Crippen MR) is 68.0 cm³/mol. The Morgan fingerprint density at radius 2 is 2.11 bits per heavy atom. The van der Waals surface area contributed by atoms with Gasteiger partial charge in [0.15, 0.2) is 0 Å². The van der Waals surface area contributed by atoms with Crippen LogP contribution >= 0.6 is 11.6 Å². The number of rotatable bonds is 5. The van der Waals surface area contributed by atoms with Crippen LogP contribution in [-0.4, -0.2) is 34.6 Å². The highest BCUT2D eigenvalue weighted by atomic mass is 35.5. The maximum absolute atomic E-state index is 11.4. The van der Waals surface area contributed by atoms with E-state index in [4.69, 9.17) is 16.7 Å². The van der Waals surface area contributed by atoms with Crippen LogP contribution in [0.1, 0.15) is 24.2 Å². The van der Waals surface area contributed by atoms with E-state index in [9.17, 15) is 9.59 Å². The van der Waals surface area contributed by atoms with E-state index >= 15 is 0 Å². The number of carbonyl (C=O) groups excluding carboxylic acids is 1. The minimum atomic E-state index is -1.13. The van der Waals surface area contributed by atoms with Gasteiger partial charge in [-0.3, -0.25) is 4.79 Å². The topological polar surface area (TPSA) is 91.3 Å². The van der Waals surface area contributed by atoms with Gasteiger partial charge in [0.1, 0.15) is 16.5 Å². The number of aromatic carboxylic acids is 1. The summed E-state index contributed by atoms with van der Waals surface area (Å²) in [6.45, 7) is 3.60. The molecule has 1 rings (SSSR count). The number of aromatic nitrogens is 1. The zero-order chi connectivity index (χ0) is 13.7. The van der Waals surface area contributed by atoms with Gasteiger partial charge in [-0.05, 0) is 26.0 Å². The first-order valence-electron chi connectivity index (χ1n) is 5.33. The van der Waals surface area contributed by atoms with Gasteiger partial charge in [0.2, 0.25) is 5.91 Å². The van der Waals surface area contributed by atoms with Crippen molar-refractivity contribution in [2.45, 2.75) is 19.9 Å². The lowest BCUT2D eigenvalue weighted by Gasteiger charge is -2.11.